The average Bonchev–Trinajstić information content (AvgIpc) is 3.13. The summed E-state index contributed by atoms with van der Waals surface area (Å²) in [5.41, 5.74) is 3.55. The summed E-state index contributed by atoms with van der Waals surface area (Å²) < 4.78 is 25.1. The SMILES string of the molecule is COc1cc(/C=C2/C(=O)NN(c3ccccc3)C2=O)cc(Br)c1OCC(=O)Nc1ccccc1F. The van der Waals surface area contributed by atoms with Crippen LogP contribution in [0.3, 0.4) is 0 Å². The molecule has 1 saturated heterocycles. The molecule has 4 rings (SSSR count). The van der Waals surface area contributed by atoms with Crippen molar-refractivity contribution in [2.45, 2.75) is 0 Å². The molecule has 3 aromatic carbocycles. The van der Waals surface area contributed by atoms with Gasteiger partial charge in [0.2, 0.25) is 0 Å². The first-order chi connectivity index (χ1) is 16.9. The number of hydrogen-bond donors (Lipinski definition) is 2. The number of benzene rings is 3. The summed E-state index contributed by atoms with van der Waals surface area (Å²) in [7, 11) is 1.41. The van der Waals surface area contributed by atoms with Crippen LogP contribution in [0.1, 0.15) is 5.56 Å². The van der Waals surface area contributed by atoms with Crippen LogP contribution in [0.2, 0.25) is 0 Å². The van der Waals surface area contributed by atoms with Crippen molar-refractivity contribution in [1.82, 2.24) is 5.43 Å². The van der Waals surface area contributed by atoms with E-state index in [2.05, 4.69) is 26.7 Å². The number of methoxy groups -OCH3 is 1. The van der Waals surface area contributed by atoms with E-state index in [0.717, 1.165) is 0 Å². The third-order valence-electron chi connectivity index (χ3n) is 4.96. The molecule has 0 unspecified atom stereocenters. The number of ether oxygens (including phenoxy) is 2. The van der Waals surface area contributed by atoms with Crippen LogP contribution in [-0.4, -0.2) is 31.4 Å². The van der Waals surface area contributed by atoms with Gasteiger partial charge in [0.1, 0.15) is 11.4 Å². The molecule has 0 saturated carbocycles. The topological polar surface area (TPSA) is 97.0 Å². The van der Waals surface area contributed by atoms with Crippen LogP contribution in [0.25, 0.3) is 6.08 Å². The third-order valence-corrected chi connectivity index (χ3v) is 5.55. The van der Waals surface area contributed by atoms with Gasteiger partial charge in [0.05, 0.1) is 23.0 Å². The Morgan fingerprint density at radius 2 is 1.83 bits per heavy atom. The first kappa shape index (κ1) is 24.0. The van der Waals surface area contributed by atoms with Gasteiger partial charge in [-0.1, -0.05) is 30.3 Å². The minimum Gasteiger partial charge on any atom is -0.493 e. The van der Waals surface area contributed by atoms with Gasteiger partial charge in [-0.3, -0.25) is 19.8 Å². The highest BCUT2D eigenvalue weighted by molar-refractivity contribution is 9.10. The molecule has 35 heavy (non-hydrogen) atoms. The summed E-state index contributed by atoms with van der Waals surface area (Å²) in [6.45, 7) is -0.406. The first-order valence-electron chi connectivity index (χ1n) is 10.3. The number of nitrogens with one attached hydrogen (secondary N) is 2. The van der Waals surface area contributed by atoms with Crippen molar-refractivity contribution in [2.75, 3.05) is 24.0 Å². The summed E-state index contributed by atoms with van der Waals surface area (Å²) in [5, 5.41) is 3.61. The zero-order valence-corrected chi connectivity index (χ0v) is 20.0. The normalized spacial score (nSPS) is 14.1. The molecule has 0 bridgehead atoms. The molecule has 1 fully saturated rings. The van der Waals surface area contributed by atoms with Crippen LogP contribution >= 0.6 is 15.9 Å². The minimum absolute atomic E-state index is 0.0400. The Hall–Kier alpha value is -4.18. The van der Waals surface area contributed by atoms with Gasteiger partial charge in [-0.25, -0.2) is 9.40 Å². The third kappa shape index (κ3) is 5.33. The fraction of sp³-hybridized carbons (Fsp3) is 0.0800. The number of carbonyl (C=O) groups is 3. The number of halogens is 2. The van der Waals surface area contributed by atoms with Crippen molar-refractivity contribution in [2.24, 2.45) is 0 Å². The van der Waals surface area contributed by atoms with E-state index < -0.39 is 30.1 Å². The highest BCUT2D eigenvalue weighted by Crippen LogP contribution is 2.37. The van der Waals surface area contributed by atoms with Gasteiger partial charge in [0.25, 0.3) is 17.7 Å². The van der Waals surface area contributed by atoms with Gasteiger partial charge in [-0.05, 0) is 64.0 Å². The smallest absolute Gasteiger partial charge is 0.282 e. The number of anilines is 2. The summed E-state index contributed by atoms with van der Waals surface area (Å²) in [5.74, 6) is -1.68. The van der Waals surface area contributed by atoms with E-state index in [1.54, 1.807) is 48.5 Å². The molecule has 0 spiro atoms. The number of hydrazine groups is 1. The van der Waals surface area contributed by atoms with Crippen molar-refractivity contribution in [3.8, 4) is 11.5 Å². The van der Waals surface area contributed by atoms with Gasteiger partial charge in [-0.2, -0.15) is 0 Å². The second-order valence-corrected chi connectivity index (χ2v) is 8.18. The van der Waals surface area contributed by atoms with Crippen LogP contribution in [0.15, 0.2) is 76.8 Å². The molecule has 8 nitrogen and oxygen atoms in total. The molecule has 0 radical (unpaired) electrons. The van der Waals surface area contributed by atoms with E-state index in [1.165, 1.54) is 36.4 Å². The molecule has 2 N–H and O–H groups in total. The summed E-state index contributed by atoms with van der Waals surface area (Å²) in [6, 6.07) is 17.7. The van der Waals surface area contributed by atoms with E-state index in [9.17, 15) is 18.8 Å². The van der Waals surface area contributed by atoms with Crippen LogP contribution in [-0.2, 0) is 14.4 Å². The molecule has 1 heterocycles. The predicted octanol–water partition coefficient (Wildman–Crippen LogP) is 4.08. The number of hydrogen-bond acceptors (Lipinski definition) is 5. The van der Waals surface area contributed by atoms with Crippen molar-refractivity contribution in [3.63, 3.8) is 0 Å². The Morgan fingerprint density at radius 1 is 1.11 bits per heavy atom. The molecule has 0 aliphatic carbocycles. The standard InChI is InChI=1S/C25H19BrFN3O5/c1-34-21-13-15(11-17-24(32)29-30(25(17)33)16-7-3-2-4-8-16)12-18(26)23(21)35-14-22(31)28-20-10-6-5-9-19(20)27/h2-13H,14H2,1H3,(H,28,31)(H,29,32)/b17-11-. The average molecular weight is 540 g/mol. The quantitative estimate of drug-likeness (QED) is 0.348. The zero-order chi connectivity index (χ0) is 24.9. The highest BCUT2D eigenvalue weighted by atomic mass is 79.9. The molecule has 1 aliphatic heterocycles. The fourth-order valence-corrected chi connectivity index (χ4v) is 3.91. The molecule has 3 aromatic rings. The second-order valence-electron chi connectivity index (χ2n) is 7.33. The van der Waals surface area contributed by atoms with Crippen molar-refractivity contribution < 1.29 is 28.2 Å². The lowest BCUT2D eigenvalue weighted by atomic mass is 10.1. The van der Waals surface area contributed by atoms with E-state index >= 15 is 0 Å². The van der Waals surface area contributed by atoms with Gasteiger partial charge < -0.3 is 14.8 Å². The summed E-state index contributed by atoms with van der Waals surface area (Å²) in [6.07, 6.45) is 1.43. The van der Waals surface area contributed by atoms with Gasteiger partial charge in [0, 0.05) is 0 Å². The Bertz CT molecular complexity index is 1330. The zero-order valence-electron chi connectivity index (χ0n) is 18.4. The Labute approximate surface area is 208 Å². The number of para-hydroxylation sites is 2. The minimum atomic E-state index is -0.565. The number of nitrogens with zero attached hydrogens (tertiary/aromatic N) is 1. The molecular formula is C25H19BrFN3O5. The second kappa shape index (κ2) is 10.4. The lowest BCUT2D eigenvalue weighted by molar-refractivity contribution is -0.118. The van der Waals surface area contributed by atoms with Crippen LogP contribution < -0.4 is 25.2 Å². The molecule has 178 valence electrons. The Kier molecular flexibility index (Phi) is 7.11. The van der Waals surface area contributed by atoms with Crippen LogP contribution in [0.4, 0.5) is 15.8 Å². The number of amides is 3. The monoisotopic (exact) mass is 539 g/mol. The molecule has 3 amide bonds. The number of rotatable bonds is 7. The van der Waals surface area contributed by atoms with Crippen LogP contribution in [0.5, 0.6) is 11.5 Å². The number of carbonyl (C=O) groups excluding carboxylic acids is 3. The lowest BCUT2D eigenvalue weighted by Gasteiger charge is -2.14. The van der Waals surface area contributed by atoms with Crippen LogP contribution in [0, 0.1) is 5.82 Å². The van der Waals surface area contributed by atoms with Gasteiger partial charge in [-0.15, -0.1) is 0 Å². The summed E-state index contributed by atoms with van der Waals surface area (Å²) >= 11 is 3.37. The van der Waals surface area contributed by atoms with Crippen molar-refractivity contribution in [3.05, 3.63) is 88.2 Å². The van der Waals surface area contributed by atoms with E-state index in [-0.39, 0.29) is 22.8 Å². The Balaban J connectivity index is 1.51. The maximum atomic E-state index is 13.7. The van der Waals surface area contributed by atoms with Crippen molar-refractivity contribution in [1.29, 1.82) is 0 Å². The molecular weight excluding hydrogens is 521 g/mol. The van der Waals surface area contributed by atoms with E-state index in [4.69, 9.17) is 9.47 Å². The summed E-state index contributed by atoms with van der Waals surface area (Å²) in [4.78, 5) is 37.5. The highest BCUT2D eigenvalue weighted by Gasteiger charge is 2.34. The molecule has 1 aliphatic rings. The fourth-order valence-electron chi connectivity index (χ4n) is 3.33. The first-order valence-corrected chi connectivity index (χ1v) is 11.1. The van der Waals surface area contributed by atoms with E-state index in [1.807, 2.05) is 0 Å². The molecule has 0 atom stereocenters. The largest absolute Gasteiger partial charge is 0.493 e. The van der Waals surface area contributed by atoms with Gasteiger partial charge in [0.15, 0.2) is 18.1 Å². The van der Waals surface area contributed by atoms with Gasteiger partial charge >= 0.3 is 0 Å². The maximum absolute atomic E-state index is 13.7. The predicted molar refractivity (Wildman–Crippen MR) is 131 cm³/mol. The van der Waals surface area contributed by atoms with Crippen molar-refractivity contribution >= 4 is 51.1 Å². The molecule has 10 heteroatoms. The molecule has 0 aromatic heterocycles. The maximum Gasteiger partial charge on any atom is 0.282 e. The van der Waals surface area contributed by atoms with E-state index in [0.29, 0.717) is 15.7 Å². The lowest BCUT2D eigenvalue weighted by Crippen LogP contribution is -2.35. The Morgan fingerprint density at radius 3 is 2.54 bits per heavy atom.